The summed E-state index contributed by atoms with van der Waals surface area (Å²) in [5.74, 6) is 26.5. The molecule has 0 aliphatic heterocycles. The highest BCUT2D eigenvalue weighted by Gasteiger charge is 2.11. The first kappa shape index (κ1) is 38.7. The van der Waals surface area contributed by atoms with Crippen molar-refractivity contribution in [1.82, 2.24) is 29.9 Å². The minimum Gasteiger partial charge on any atom is -0.255 e. The number of hydrogen-bond acceptors (Lipinski definition) is 6. The zero-order valence-electron chi connectivity index (χ0n) is 34.2. The van der Waals surface area contributed by atoms with Crippen molar-refractivity contribution < 1.29 is 0 Å². The molecule has 0 N–H and O–H groups in total. The van der Waals surface area contributed by atoms with Crippen LogP contribution in [0.1, 0.15) is 33.4 Å². The first-order chi connectivity index (χ1) is 31.7. The second-order valence-electron chi connectivity index (χ2n) is 14.5. The Balaban J connectivity index is 0.940. The van der Waals surface area contributed by atoms with Gasteiger partial charge in [-0.15, -0.1) is 0 Å². The molecule has 64 heavy (non-hydrogen) atoms. The lowest BCUT2D eigenvalue weighted by atomic mass is 9.99. The molecular formula is C58H32N6. The molecule has 294 valence electrons. The molecule has 0 saturated carbocycles. The van der Waals surface area contributed by atoms with Crippen molar-refractivity contribution >= 4 is 21.5 Å². The van der Waals surface area contributed by atoms with Crippen LogP contribution < -0.4 is 0 Å². The van der Waals surface area contributed by atoms with Gasteiger partial charge in [-0.2, -0.15) is 0 Å². The van der Waals surface area contributed by atoms with Crippen molar-refractivity contribution in [2.24, 2.45) is 0 Å². The molecule has 6 aromatic heterocycles. The van der Waals surface area contributed by atoms with Crippen LogP contribution >= 0.6 is 0 Å². The van der Waals surface area contributed by atoms with Gasteiger partial charge < -0.3 is 0 Å². The van der Waals surface area contributed by atoms with Crippen molar-refractivity contribution in [2.75, 3.05) is 0 Å². The third-order valence-electron chi connectivity index (χ3n) is 10.3. The maximum atomic E-state index is 4.87. The van der Waals surface area contributed by atoms with Crippen LogP contribution in [0.25, 0.3) is 67.1 Å². The summed E-state index contributed by atoms with van der Waals surface area (Å²) in [7, 11) is 0. The van der Waals surface area contributed by atoms with Gasteiger partial charge in [0.05, 0.1) is 45.6 Å². The molecule has 0 spiro atoms. The Hall–Kier alpha value is -9.46. The predicted octanol–water partition coefficient (Wildman–Crippen LogP) is 11.2. The van der Waals surface area contributed by atoms with Crippen LogP contribution in [0, 0.1) is 47.4 Å². The van der Waals surface area contributed by atoms with Gasteiger partial charge in [-0.1, -0.05) is 108 Å². The van der Waals surface area contributed by atoms with Crippen molar-refractivity contribution in [3.8, 4) is 92.9 Å². The third kappa shape index (κ3) is 8.58. The highest BCUT2D eigenvalue weighted by atomic mass is 14.8. The highest BCUT2D eigenvalue weighted by molar-refractivity contribution is 5.94. The molecule has 0 amide bonds. The van der Waals surface area contributed by atoms with Crippen molar-refractivity contribution in [1.29, 1.82) is 0 Å². The van der Waals surface area contributed by atoms with Crippen LogP contribution in [0.5, 0.6) is 0 Å². The Labute approximate surface area is 370 Å². The average Bonchev–Trinajstić information content (AvgIpc) is 3.37. The van der Waals surface area contributed by atoms with E-state index in [2.05, 4.69) is 91.6 Å². The topological polar surface area (TPSA) is 77.3 Å². The molecule has 6 heterocycles. The van der Waals surface area contributed by atoms with Crippen LogP contribution in [0.2, 0.25) is 0 Å². The van der Waals surface area contributed by atoms with E-state index in [1.165, 1.54) is 0 Å². The van der Waals surface area contributed by atoms with Crippen LogP contribution in [-0.4, -0.2) is 29.9 Å². The van der Waals surface area contributed by atoms with Crippen molar-refractivity contribution in [3.63, 3.8) is 0 Å². The van der Waals surface area contributed by atoms with E-state index in [1.54, 1.807) is 24.8 Å². The van der Waals surface area contributed by atoms with Crippen molar-refractivity contribution in [3.05, 3.63) is 228 Å². The van der Waals surface area contributed by atoms with E-state index in [1.807, 2.05) is 146 Å². The molecular weight excluding hydrogens is 781 g/mol. The Bertz CT molecular complexity index is 3260. The number of rotatable bonds is 4. The van der Waals surface area contributed by atoms with Gasteiger partial charge in [-0.3, -0.25) is 19.9 Å². The predicted molar refractivity (Wildman–Crippen MR) is 255 cm³/mol. The van der Waals surface area contributed by atoms with Gasteiger partial charge in [0.15, 0.2) is 0 Å². The van der Waals surface area contributed by atoms with Crippen LogP contribution in [0.4, 0.5) is 0 Å². The number of pyridine rings is 6. The highest BCUT2D eigenvalue weighted by Crippen LogP contribution is 2.27. The average molecular weight is 813 g/mol. The molecule has 0 aliphatic carbocycles. The maximum absolute atomic E-state index is 4.87. The molecule has 0 saturated heterocycles. The first-order valence-corrected chi connectivity index (χ1v) is 20.5. The molecule has 0 atom stereocenters. The van der Waals surface area contributed by atoms with Crippen LogP contribution in [0.15, 0.2) is 195 Å². The lowest BCUT2D eigenvalue weighted by Gasteiger charge is -2.06. The number of hydrogen-bond donors (Lipinski definition) is 0. The normalized spacial score (nSPS) is 10.3. The summed E-state index contributed by atoms with van der Waals surface area (Å²) in [4.78, 5) is 27.9. The van der Waals surface area contributed by atoms with E-state index < -0.39 is 0 Å². The zero-order chi connectivity index (χ0) is 42.9. The quantitative estimate of drug-likeness (QED) is 0.165. The molecule has 0 fully saturated rings. The number of aromatic nitrogens is 6. The molecule has 6 heteroatoms. The van der Waals surface area contributed by atoms with E-state index in [9.17, 15) is 0 Å². The standard InChI is InChI=1S/C58H32N6/c1(15-43-29-31-45(49-19-5-3-17-47(43)49)27-25-41-37-55(51-21-7-11-33-59-51)63-56(38-41)52-22-8-12-34-60-52)2-16-44-30-32-46(50-20-6-4-18-48(44)50)28-26-42-39-57(53-23-9-13-35-61-53)64-58(40-42)54-24-10-14-36-62-54/h3-14,17-24,29-40H. The number of nitrogens with zero attached hydrogens (tertiary/aromatic N) is 6. The van der Waals surface area contributed by atoms with Gasteiger partial charge >= 0.3 is 0 Å². The third-order valence-corrected chi connectivity index (χ3v) is 10.3. The summed E-state index contributed by atoms with van der Waals surface area (Å²) in [5.41, 5.74) is 11.2. The Morgan fingerprint density at radius 3 is 0.812 bits per heavy atom. The van der Waals surface area contributed by atoms with Gasteiger partial charge in [0.2, 0.25) is 0 Å². The van der Waals surface area contributed by atoms with E-state index >= 15 is 0 Å². The molecule has 0 aliphatic rings. The minimum absolute atomic E-state index is 0.732. The fraction of sp³-hybridized carbons (Fsp3) is 0. The molecule has 4 aromatic carbocycles. The Morgan fingerprint density at radius 2 is 0.531 bits per heavy atom. The first-order valence-electron chi connectivity index (χ1n) is 20.5. The van der Waals surface area contributed by atoms with Crippen molar-refractivity contribution in [2.45, 2.75) is 0 Å². The lowest BCUT2D eigenvalue weighted by Crippen LogP contribution is -1.94. The van der Waals surface area contributed by atoms with Gasteiger partial charge in [-0.05, 0) is 130 Å². The van der Waals surface area contributed by atoms with Gasteiger partial charge in [0.1, 0.15) is 0 Å². The van der Waals surface area contributed by atoms with E-state index in [0.717, 1.165) is 100 Å². The zero-order valence-corrected chi connectivity index (χ0v) is 34.2. The summed E-state index contributed by atoms with van der Waals surface area (Å²) in [6.07, 6.45) is 7.05. The molecule has 0 bridgehead atoms. The number of benzene rings is 4. The summed E-state index contributed by atoms with van der Waals surface area (Å²) < 4.78 is 0. The SMILES string of the molecule is C(C#Cc1ccc(C#Cc2cc(-c3ccccn3)nc(-c3ccccn3)c2)c2ccccc12)#Cc1ccc(C#Cc2cc(-c3ccccn3)nc(-c3ccccn3)c2)c2ccccc12. The van der Waals surface area contributed by atoms with Gasteiger partial charge in [-0.25, -0.2) is 9.97 Å². The maximum Gasteiger partial charge on any atom is 0.0906 e. The van der Waals surface area contributed by atoms with E-state index in [-0.39, 0.29) is 0 Å². The Morgan fingerprint density at radius 1 is 0.250 bits per heavy atom. The van der Waals surface area contributed by atoms with E-state index in [0.29, 0.717) is 0 Å². The summed E-state index contributed by atoms with van der Waals surface area (Å²) in [6, 6.07) is 55.4. The smallest absolute Gasteiger partial charge is 0.0906 e. The molecule has 0 radical (unpaired) electrons. The van der Waals surface area contributed by atoms with Crippen LogP contribution in [0.3, 0.4) is 0 Å². The molecule has 10 rings (SSSR count). The molecule has 10 aromatic rings. The second kappa shape index (κ2) is 18.0. The monoisotopic (exact) mass is 812 g/mol. The molecule has 6 nitrogen and oxygen atoms in total. The lowest BCUT2D eigenvalue weighted by molar-refractivity contribution is 1.21. The summed E-state index contributed by atoms with van der Waals surface area (Å²) >= 11 is 0. The fourth-order valence-corrected chi connectivity index (χ4v) is 7.30. The van der Waals surface area contributed by atoms with Gasteiger partial charge in [0.25, 0.3) is 0 Å². The van der Waals surface area contributed by atoms with Gasteiger partial charge in [0, 0.05) is 58.2 Å². The molecule has 0 unspecified atom stereocenters. The Kier molecular flexibility index (Phi) is 10.9. The largest absolute Gasteiger partial charge is 0.255 e. The second-order valence-corrected chi connectivity index (χ2v) is 14.5. The van der Waals surface area contributed by atoms with E-state index in [4.69, 9.17) is 9.97 Å². The van der Waals surface area contributed by atoms with Crippen LogP contribution in [-0.2, 0) is 0 Å². The fourth-order valence-electron chi connectivity index (χ4n) is 7.30. The summed E-state index contributed by atoms with van der Waals surface area (Å²) in [6.45, 7) is 0. The number of fused-ring (bicyclic) bond motifs is 2. The minimum atomic E-state index is 0.732. The summed E-state index contributed by atoms with van der Waals surface area (Å²) in [5, 5.41) is 4.02.